The van der Waals surface area contributed by atoms with Crippen LogP contribution in [0.3, 0.4) is 0 Å². The highest BCUT2D eigenvalue weighted by atomic mass is 35.5. The molecule has 2 amide bonds. The average Bonchev–Trinajstić information content (AvgIpc) is 2.98. The number of phenolic OH excluding ortho intramolecular Hbond substituents is 1. The molecule has 0 atom stereocenters. The van der Waals surface area contributed by atoms with Crippen LogP contribution < -0.4 is 11.1 Å². The number of amides is 2. The van der Waals surface area contributed by atoms with Gasteiger partial charge in [0.2, 0.25) is 5.95 Å². The number of halogens is 2. The molecule has 3 rings (SSSR count). The SMILES string of the molecule is N#CCCNC(=O)N1Cc2nc(N)nc(-c3c(O)cc(Cl)cc3Cl)c2C1. The molecule has 0 aliphatic carbocycles. The third kappa shape index (κ3) is 3.45. The van der Waals surface area contributed by atoms with E-state index in [9.17, 15) is 9.90 Å². The number of carbonyl (C=O) groups excluding carboxylic acids is 1. The van der Waals surface area contributed by atoms with E-state index in [1.807, 2.05) is 6.07 Å². The zero-order valence-electron chi connectivity index (χ0n) is 13.5. The van der Waals surface area contributed by atoms with Crippen LogP contribution in [0.15, 0.2) is 12.1 Å². The molecule has 0 saturated carbocycles. The van der Waals surface area contributed by atoms with Gasteiger partial charge in [-0.3, -0.25) is 0 Å². The van der Waals surface area contributed by atoms with Crippen LogP contribution in [0.5, 0.6) is 5.75 Å². The highest BCUT2D eigenvalue weighted by molar-refractivity contribution is 6.36. The van der Waals surface area contributed by atoms with Crippen molar-refractivity contribution in [1.82, 2.24) is 20.2 Å². The number of nitrogens with two attached hydrogens (primary N) is 1. The Labute approximate surface area is 159 Å². The number of aromatic hydroxyl groups is 1. The predicted molar refractivity (Wildman–Crippen MR) is 96.4 cm³/mol. The minimum absolute atomic E-state index is 0.0101. The maximum Gasteiger partial charge on any atom is 0.318 e. The number of nitriles is 1. The number of hydrogen-bond donors (Lipinski definition) is 3. The topological polar surface area (TPSA) is 128 Å². The zero-order valence-corrected chi connectivity index (χ0v) is 15.0. The largest absolute Gasteiger partial charge is 0.507 e. The van der Waals surface area contributed by atoms with E-state index in [2.05, 4.69) is 15.3 Å². The van der Waals surface area contributed by atoms with Gasteiger partial charge in [-0.05, 0) is 12.1 Å². The van der Waals surface area contributed by atoms with E-state index in [-0.39, 0.29) is 59.4 Å². The van der Waals surface area contributed by atoms with E-state index in [1.54, 1.807) is 0 Å². The molecule has 4 N–H and O–H groups in total. The molecule has 0 spiro atoms. The Kier molecular flexibility index (Phi) is 5.02. The minimum atomic E-state index is -0.325. The Balaban J connectivity index is 1.97. The molecule has 134 valence electrons. The summed E-state index contributed by atoms with van der Waals surface area (Å²) in [6, 6.07) is 4.48. The second kappa shape index (κ2) is 7.23. The average molecular weight is 393 g/mol. The van der Waals surface area contributed by atoms with Crippen LogP contribution >= 0.6 is 23.2 Å². The number of anilines is 1. The van der Waals surface area contributed by atoms with Crippen LogP contribution in [-0.4, -0.2) is 32.6 Å². The lowest BCUT2D eigenvalue weighted by Gasteiger charge is -2.15. The molecule has 0 radical (unpaired) electrons. The molecule has 8 nitrogen and oxygen atoms in total. The van der Waals surface area contributed by atoms with Gasteiger partial charge in [0.05, 0.1) is 47.6 Å². The van der Waals surface area contributed by atoms with Crippen molar-refractivity contribution in [2.45, 2.75) is 19.5 Å². The van der Waals surface area contributed by atoms with E-state index in [4.69, 9.17) is 34.2 Å². The molecule has 1 aliphatic rings. The third-order valence-electron chi connectivity index (χ3n) is 3.87. The summed E-state index contributed by atoms with van der Waals surface area (Å²) in [6.07, 6.45) is 0.221. The highest BCUT2D eigenvalue weighted by Crippen LogP contribution is 2.41. The van der Waals surface area contributed by atoms with Crippen molar-refractivity contribution in [3.05, 3.63) is 33.4 Å². The molecule has 10 heteroatoms. The number of urea groups is 1. The van der Waals surface area contributed by atoms with Crippen LogP contribution in [0, 0.1) is 11.3 Å². The molecular weight excluding hydrogens is 379 g/mol. The first kappa shape index (κ1) is 18.0. The summed E-state index contributed by atoms with van der Waals surface area (Å²) in [5.74, 6) is -0.129. The molecule has 1 aromatic carbocycles. The molecule has 0 fully saturated rings. The molecule has 1 aliphatic heterocycles. The standard InChI is InChI=1S/C16H14Cl2N6O2/c17-8-4-10(18)13(12(25)5-8)14-9-6-24(16(26)21-3-1-2-19)7-11(9)22-15(20)23-14/h4-5,25H,1,3,6-7H2,(H,21,26)(H2,20,22,23). The van der Waals surface area contributed by atoms with E-state index >= 15 is 0 Å². The first-order valence-corrected chi connectivity index (χ1v) is 8.39. The Morgan fingerprint density at radius 2 is 2.15 bits per heavy atom. The number of nitrogens with one attached hydrogen (secondary N) is 1. The maximum atomic E-state index is 12.2. The number of carbonyl (C=O) groups is 1. The van der Waals surface area contributed by atoms with Gasteiger partial charge in [0, 0.05) is 17.1 Å². The Bertz CT molecular complexity index is 905. The van der Waals surface area contributed by atoms with Gasteiger partial charge in [-0.1, -0.05) is 23.2 Å². The van der Waals surface area contributed by atoms with Gasteiger partial charge in [-0.2, -0.15) is 5.26 Å². The fourth-order valence-corrected chi connectivity index (χ4v) is 3.33. The van der Waals surface area contributed by atoms with Crippen molar-refractivity contribution in [2.75, 3.05) is 12.3 Å². The number of aromatic nitrogens is 2. The number of fused-ring (bicyclic) bond motifs is 1. The summed E-state index contributed by atoms with van der Waals surface area (Å²) in [6.45, 7) is 0.716. The number of nitrogens with zero attached hydrogens (tertiary/aromatic N) is 4. The fraction of sp³-hybridized carbons (Fsp3) is 0.250. The summed E-state index contributed by atoms with van der Waals surface area (Å²) in [7, 11) is 0. The quantitative estimate of drug-likeness (QED) is 0.688. The summed E-state index contributed by atoms with van der Waals surface area (Å²) >= 11 is 12.1. The maximum absolute atomic E-state index is 12.2. The van der Waals surface area contributed by atoms with Crippen LogP contribution in [-0.2, 0) is 13.1 Å². The van der Waals surface area contributed by atoms with Gasteiger partial charge in [0.1, 0.15) is 5.75 Å². The molecule has 2 heterocycles. The lowest BCUT2D eigenvalue weighted by atomic mass is 10.0. The first-order valence-electron chi connectivity index (χ1n) is 7.64. The van der Waals surface area contributed by atoms with Crippen molar-refractivity contribution in [3.63, 3.8) is 0 Å². The van der Waals surface area contributed by atoms with Crippen LogP contribution in [0.25, 0.3) is 11.3 Å². The summed E-state index contributed by atoms with van der Waals surface area (Å²) in [5.41, 5.74) is 7.66. The number of phenols is 1. The number of rotatable bonds is 3. The van der Waals surface area contributed by atoms with Gasteiger partial charge in [0.15, 0.2) is 0 Å². The first-order chi connectivity index (χ1) is 12.4. The molecular formula is C16H14Cl2N6O2. The summed E-state index contributed by atoms with van der Waals surface area (Å²) < 4.78 is 0. The molecule has 26 heavy (non-hydrogen) atoms. The van der Waals surface area contributed by atoms with Crippen molar-refractivity contribution in [1.29, 1.82) is 5.26 Å². The van der Waals surface area contributed by atoms with Crippen LogP contribution in [0.2, 0.25) is 10.0 Å². The van der Waals surface area contributed by atoms with Gasteiger partial charge < -0.3 is 21.1 Å². The normalized spacial score (nSPS) is 12.6. The Morgan fingerprint density at radius 3 is 2.85 bits per heavy atom. The monoisotopic (exact) mass is 392 g/mol. The second-order valence-electron chi connectivity index (χ2n) is 5.63. The molecule has 0 bridgehead atoms. The third-order valence-corrected chi connectivity index (χ3v) is 4.39. The van der Waals surface area contributed by atoms with Crippen LogP contribution in [0.1, 0.15) is 17.7 Å². The molecule has 0 saturated heterocycles. The number of nitrogen functional groups attached to an aromatic ring is 1. The lowest BCUT2D eigenvalue weighted by molar-refractivity contribution is 0.198. The number of hydrogen-bond acceptors (Lipinski definition) is 6. The molecule has 0 unspecified atom stereocenters. The smallest absolute Gasteiger partial charge is 0.318 e. The van der Waals surface area contributed by atoms with Gasteiger partial charge in [-0.25, -0.2) is 14.8 Å². The van der Waals surface area contributed by atoms with Crippen molar-refractivity contribution in [3.8, 4) is 23.1 Å². The van der Waals surface area contributed by atoms with Crippen molar-refractivity contribution < 1.29 is 9.90 Å². The van der Waals surface area contributed by atoms with Crippen LogP contribution in [0.4, 0.5) is 10.7 Å². The molecule has 1 aromatic heterocycles. The Morgan fingerprint density at radius 1 is 1.38 bits per heavy atom. The van der Waals surface area contributed by atoms with E-state index in [0.29, 0.717) is 17.0 Å². The summed E-state index contributed by atoms with van der Waals surface area (Å²) in [4.78, 5) is 22.1. The second-order valence-corrected chi connectivity index (χ2v) is 6.48. The predicted octanol–water partition coefficient (Wildman–Crippen LogP) is 2.68. The molecule has 2 aromatic rings. The Hall–Kier alpha value is -2.76. The van der Waals surface area contributed by atoms with E-state index in [0.717, 1.165) is 0 Å². The van der Waals surface area contributed by atoms with Crippen molar-refractivity contribution in [2.24, 2.45) is 0 Å². The highest BCUT2D eigenvalue weighted by Gasteiger charge is 2.30. The van der Waals surface area contributed by atoms with E-state index < -0.39 is 0 Å². The zero-order chi connectivity index (χ0) is 18.8. The fourth-order valence-electron chi connectivity index (χ4n) is 2.76. The van der Waals surface area contributed by atoms with Gasteiger partial charge in [0.25, 0.3) is 0 Å². The number of benzene rings is 1. The van der Waals surface area contributed by atoms with E-state index in [1.165, 1.54) is 17.0 Å². The lowest BCUT2D eigenvalue weighted by Crippen LogP contribution is -2.36. The summed E-state index contributed by atoms with van der Waals surface area (Å²) in [5, 5.41) is 22.0. The van der Waals surface area contributed by atoms with Gasteiger partial charge >= 0.3 is 6.03 Å². The minimum Gasteiger partial charge on any atom is -0.507 e. The van der Waals surface area contributed by atoms with Gasteiger partial charge in [-0.15, -0.1) is 0 Å². The van der Waals surface area contributed by atoms with Crippen molar-refractivity contribution >= 4 is 35.2 Å².